The highest BCUT2D eigenvalue weighted by atomic mass is 16.5. The third-order valence-corrected chi connectivity index (χ3v) is 5.89. The van der Waals surface area contributed by atoms with Crippen LogP contribution in [0.1, 0.15) is 53.9 Å². The number of esters is 1. The monoisotopic (exact) mass is 316 g/mol. The van der Waals surface area contributed by atoms with Crippen LogP contribution in [-0.4, -0.2) is 17.9 Å². The highest BCUT2D eigenvalue weighted by Gasteiger charge is 2.48. The molecule has 4 atom stereocenters. The molecule has 0 amide bonds. The molecule has 1 saturated carbocycles. The number of rotatable bonds is 3. The maximum atomic E-state index is 12.3. The van der Waals surface area contributed by atoms with Crippen molar-refractivity contribution in [1.82, 2.24) is 0 Å². The maximum Gasteiger partial charge on any atom is 0.333 e. The summed E-state index contributed by atoms with van der Waals surface area (Å²) in [6.07, 6.45) is 5.88. The minimum absolute atomic E-state index is 0.0986. The summed E-state index contributed by atoms with van der Waals surface area (Å²) in [7, 11) is 0. The third kappa shape index (κ3) is 3.19. The van der Waals surface area contributed by atoms with E-state index in [-0.39, 0.29) is 35.1 Å². The first-order valence-electron chi connectivity index (χ1n) is 8.45. The van der Waals surface area contributed by atoms with Gasteiger partial charge in [-0.15, -0.1) is 0 Å². The van der Waals surface area contributed by atoms with Gasteiger partial charge in [0, 0.05) is 17.4 Å². The zero-order valence-corrected chi connectivity index (χ0v) is 14.9. The molecule has 3 heteroatoms. The summed E-state index contributed by atoms with van der Waals surface area (Å²) in [6.45, 7) is 13.9. The van der Waals surface area contributed by atoms with Crippen molar-refractivity contribution in [2.24, 2.45) is 17.3 Å². The molecule has 0 saturated heterocycles. The van der Waals surface area contributed by atoms with Crippen LogP contribution in [-0.2, 0) is 14.3 Å². The fraction of sp³-hybridized carbons (Fsp3) is 0.600. The molecule has 0 unspecified atom stereocenters. The fourth-order valence-electron chi connectivity index (χ4n) is 3.81. The van der Waals surface area contributed by atoms with Crippen LogP contribution in [0.5, 0.6) is 0 Å². The molecule has 0 aliphatic heterocycles. The zero-order valence-electron chi connectivity index (χ0n) is 14.9. The largest absolute Gasteiger partial charge is 0.459 e. The van der Waals surface area contributed by atoms with Gasteiger partial charge in [0.1, 0.15) is 6.10 Å². The van der Waals surface area contributed by atoms with Gasteiger partial charge < -0.3 is 4.74 Å². The van der Waals surface area contributed by atoms with Crippen molar-refractivity contribution < 1.29 is 14.3 Å². The molecule has 2 aliphatic rings. The van der Waals surface area contributed by atoms with Crippen molar-refractivity contribution >= 4 is 11.8 Å². The van der Waals surface area contributed by atoms with E-state index in [1.807, 2.05) is 19.9 Å². The van der Waals surface area contributed by atoms with Crippen LogP contribution in [0.2, 0.25) is 0 Å². The van der Waals surface area contributed by atoms with E-state index in [9.17, 15) is 9.59 Å². The highest BCUT2D eigenvalue weighted by molar-refractivity contribution is 5.95. The Morgan fingerprint density at radius 1 is 1.43 bits per heavy atom. The first-order chi connectivity index (χ1) is 10.7. The summed E-state index contributed by atoms with van der Waals surface area (Å²) in [6, 6.07) is 0. The number of hydrogen-bond acceptors (Lipinski definition) is 3. The standard InChI is InChI=1S/C20H28O3/c1-7-13(4)19(22)23-18-9-8-15-10-17(21)16(12(2)3)11-20(15,6)14(18)5/h7,10,14,16,18H,2,8-9,11H2,1,3-6H3/b13-7-/t14-,16-,18-,20-/m1/s1. The number of carbonyl (C=O) groups is 2. The molecule has 0 aromatic heterocycles. The van der Waals surface area contributed by atoms with Gasteiger partial charge in [-0.05, 0) is 51.5 Å². The molecule has 2 rings (SSSR count). The average molecular weight is 316 g/mol. The second-order valence-corrected chi connectivity index (χ2v) is 7.34. The second kappa shape index (κ2) is 6.46. The predicted molar refractivity (Wildman–Crippen MR) is 91.8 cm³/mol. The Bertz CT molecular complexity index is 596. The molecule has 0 N–H and O–H groups in total. The topological polar surface area (TPSA) is 43.4 Å². The summed E-state index contributed by atoms with van der Waals surface area (Å²) in [5.74, 6) is 0.0186. The van der Waals surface area contributed by atoms with Crippen molar-refractivity contribution in [3.8, 4) is 0 Å². The summed E-state index contributed by atoms with van der Waals surface area (Å²) in [4.78, 5) is 24.4. The Hall–Kier alpha value is -1.64. The minimum Gasteiger partial charge on any atom is -0.459 e. The average Bonchev–Trinajstić information content (AvgIpc) is 2.50. The van der Waals surface area contributed by atoms with Crippen molar-refractivity contribution in [3.63, 3.8) is 0 Å². The Kier molecular flexibility index (Phi) is 4.98. The summed E-state index contributed by atoms with van der Waals surface area (Å²) in [5, 5.41) is 0. The molecule has 0 bridgehead atoms. The van der Waals surface area contributed by atoms with Crippen molar-refractivity contribution in [1.29, 1.82) is 0 Å². The summed E-state index contributed by atoms with van der Waals surface area (Å²) < 4.78 is 5.75. The maximum absolute atomic E-state index is 12.3. The normalized spacial score (nSPS) is 34.5. The van der Waals surface area contributed by atoms with E-state index in [1.165, 1.54) is 5.57 Å². The molecular formula is C20H28O3. The predicted octanol–water partition coefficient (Wildman–Crippen LogP) is 4.39. The molecule has 0 aromatic carbocycles. The van der Waals surface area contributed by atoms with E-state index in [2.05, 4.69) is 20.4 Å². The Labute approximate surface area is 139 Å². The van der Waals surface area contributed by atoms with Crippen LogP contribution in [0.25, 0.3) is 0 Å². The highest BCUT2D eigenvalue weighted by Crippen LogP contribution is 2.53. The quantitative estimate of drug-likeness (QED) is 0.440. The van der Waals surface area contributed by atoms with Crippen LogP contribution in [0, 0.1) is 17.3 Å². The van der Waals surface area contributed by atoms with Crippen molar-refractivity contribution in [2.75, 3.05) is 0 Å². The van der Waals surface area contributed by atoms with E-state index >= 15 is 0 Å². The van der Waals surface area contributed by atoms with Gasteiger partial charge in [0.05, 0.1) is 0 Å². The first-order valence-corrected chi connectivity index (χ1v) is 8.45. The molecule has 2 aliphatic carbocycles. The van der Waals surface area contributed by atoms with Gasteiger partial charge in [-0.3, -0.25) is 4.79 Å². The van der Waals surface area contributed by atoms with Gasteiger partial charge >= 0.3 is 5.97 Å². The molecule has 0 aromatic rings. The SMILES string of the molecule is C=C(C)[C@H]1C[C@@]2(C)C(=CC1=O)CC[C@@H](OC(=O)/C(C)=C\C)[C@H]2C. The first kappa shape index (κ1) is 17.7. The van der Waals surface area contributed by atoms with Crippen LogP contribution in [0.4, 0.5) is 0 Å². The number of allylic oxidation sites excluding steroid dienone is 4. The van der Waals surface area contributed by atoms with E-state index in [0.29, 0.717) is 5.57 Å². The van der Waals surface area contributed by atoms with Crippen LogP contribution < -0.4 is 0 Å². The van der Waals surface area contributed by atoms with Gasteiger partial charge in [-0.2, -0.15) is 0 Å². The lowest BCUT2D eigenvalue weighted by Crippen LogP contribution is -2.46. The van der Waals surface area contributed by atoms with E-state index in [0.717, 1.165) is 24.8 Å². The van der Waals surface area contributed by atoms with Crippen molar-refractivity contribution in [2.45, 2.75) is 60.0 Å². The van der Waals surface area contributed by atoms with Gasteiger partial charge in [-0.25, -0.2) is 4.79 Å². The molecular weight excluding hydrogens is 288 g/mol. The second-order valence-electron chi connectivity index (χ2n) is 7.34. The Balaban J connectivity index is 2.25. The number of hydrogen-bond donors (Lipinski definition) is 0. The molecule has 3 nitrogen and oxygen atoms in total. The Morgan fingerprint density at radius 2 is 2.09 bits per heavy atom. The number of ether oxygens (including phenoxy) is 1. The van der Waals surface area contributed by atoms with Crippen LogP contribution in [0.3, 0.4) is 0 Å². The van der Waals surface area contributed by atoms with Crippen LogP contribution >= 0.6 is 0 Å². The van der Waals surface area contributed by atoms with Gasteiger partial charge in [0.25, 0.3) is 0 Å². The molecule has 0 heterocycles. The lowest BCUT2D eigenvalue weighted by Gasteiger charge is -2.49. The fourth-order valence-corrected chi connectivity index (χ4v) is 3.81. The minimum atomic E-state index is -0.233. The van der Waals surface area contributed by atoms with Gasteiger partial charge in [-0.1, -0.05) is 37.6 Å². The molecule has 0 spiro atoms. The molecule has 23 heavy (non-hydrogen) atoms. The number of fused-ring (bicyclic) bond motifs is 1. The van der Waals surface area contributed by atoms with E-state index in [4.69, 9.17) is 4.74 Å². The van der Waals surface area contributed by atoms with Crippen molar-refractivity contribution in [3.05, 3.63) is 35.5 Å². The molecule has 1 fully saturated rings. The number of carbonyl (C=O) groups excluding carboxylic acids is 2. The van der Waals surface area contributed by atoms with E-state index in [1.54, 1.807) is 13.0 Å². The Morgan fingerprint density at radius 3 is 2.65 bits per heavy atom. The molecule has 126 valence electrons. The third-order valence-electron chi connectivity index (χ3n) is 5.89. The van der Waals surface area contributed by atoms with Gasteiger partial charge in [0.2, 0.25) is 0 Å². The molecule has 0 radical (unpaired) electrons. The lowest BCUT2D eigenvalue weighted by molar-refractivity contribution is -0.151. The van der Waals surface area contributed by atoms with Crippen LogP contribution in [0.15, 0.2) is 35.5 Å². The number of ketones is 1. The summed E-state index contributed by atoms with van der Waals surface area (Å²) in [5.41, 5.74) is 2.66. The zero-order chi connectivity index (χ0) is 17.4. The van der Waals surface area contributed by atoms with Gasteiger partial charge in [0.15, 0.2) is 5.78 Å². The summed E-state index contributed by atoms with van der Waals surface area (Å²) >= 11 is 0. The smallest absolute Gasteiger partial charge is 0.333 e. The lowest BCUT2D eigenvalue weighted by atomic mass is 9.57. The van der Waals surface area contributed by atoms with E-state index < -0.39 is 0 Å².